The van der Waals surface area contributed by atoms with Crippen LogP contribution in [0.5, 0.6) is 0 Å². The Morgan fingerprint density at radius 2 is 1.64 bits per heavy atom. The molecule has 0 bridgehead atoms. The van der Waals surface area contributed by atoms with Crippen LogP contribution in [0.2, 0.25) is 0 Å². The summed E-state index contributed by atoms with van der Waals surface area (Å²) in [7, 11) is -1.93. The Hall–Kier alpha value is -3.75. The van der Waals surface area contributed by atoms with Crippen LogP contribution in [-0.4, -0.2) is 44.7 Å². The summed E-state index contributed by atoms with van der Waals surface area (Å²) in [6.45, 7) is 3.95. The van der Waals surface area contributed by atoms with Crippen molar-refractivity contribution in [2.24, 2.45) is 0 Å². The lowest BCUT2D eigenvalue weighted by molar-refractivity contribution is -0.148. The summed E-state index contributed by atoms with van der Waals surface area (Å²) in [6.07, 6.45) is 1.89. The third-order valence-corrected chi connectivity index (χ3v) is 9.61. The van der Waals surface area contributed by atoms with Gasteiger partial charge in [0.25, 0.3) is 0 Å². The molecule has 202 valence electrons. The quantitative estimate of drug-likeness (QED) is 0.314. The molecule has 2 heterocycles. The molecule has 0 saturated heterocycles. The lowest BCUT2D eigenvalue weighted by atomic mass is 9.83. The van der Waals surface area contributed by atoms with Crippen LogP contribution in [0, 0.1) is 0 Å². The first-order valence-corrected chi connectivity index (χ1v) is 14.4. The minimum absolute atomic E-state index is 0.175. The number of carbonyl (C=O) groups excluding carboxylic acids is 2. The number of carbonyl (C=O) groups is 2. The van der Waals surface area contributed by atoms with E-state index in [2.05, 4.69) is 19.9 Å². The minimum Gasteiger partial charge on any atom is -0.457 e. The van der Waals surface area contributed by atoms with Crippen molar-refractivity contribution >= 4 is 27.5 Å². The Kier molecular flexibility index (Phi) is 7.18. The molecule has 39 heavy (non-hydrogen) atoms. The molecule has 5 rings (SSSR count). The summed E-state index contributed by atoms with van der Waals surface area (Å²) in [5, 5.41) is 0. The maximum atomic E-state index is 13.5. The van der Waals surface area contributed by atoms with E-state index >= 15 is 0 Å². The van der Waals surface area contributed by atoms with Crippen LogP contribution in [0.4, 0.5) is 5.69 Å². The predicted molar refractivity (Wildman–Crippen MR) is 150 cm³/mol. The van der Waals surface area contributed by atoms with Crippen LogP contribution in [-0.2, 0) is 36.2 Å². The average molecular weight is 545 g/mol. The lowest BCUT2D eigenvalue weighted by Crippen LogP contribution is -2.41. The van der Waals surface area contributed by atoms with Gasteiger partial charge in [0.1, 0.15) is 0 Å². The van der Waals surface area contributed by atoms with E-state index in [9.17, 15) is 18.0 Å². The molecule has 0 aliphatic carbocycles. The Bertz CT molecular complexity index is 1550. The highest BCUT2D eigenvalue weighted by Gasteiger charge is 2.39. The van der Waals surface area contributed by atoms with Crippen LogP contribution in [0.3, 0.4) is 0 Å². The van der Waals surface area contributed by atoms with Crippen LogP contribution in [0.1, 0.15) is 43.0 Å². The van der Waals surface area contributed by atoms with E-state index in [4.69, 9.17) is 4.74 Å². The van der Waals surface area contributed by atoms with Gasteiger partial charge in [0.2, 0.25) is 10.0 Å². The van der Waals surface area contributed by atoms with Gasteiger partial charge in [0, 0.05) is 36.5 Å². The highest BCUT2D eigenvalue weighted by molar-refractivity contribution is 7.89. The van der Waals surface area contributed by atoms with Gasteiger partial charge < -0.3 is 9.64 Å². The molecular weight excluding hydrogens is 512 g/mol. The third kappa shape index (κ3) is 5.02. The molecule has 0 spiro atoms. The van der Waals surface area contributed by atoms with E-state index in [1.807, 2.05) is 54.4 Å². The maximum Gasteiger partial charge on any atom is 0.308 e. The first kappa shape index (κ1) is 26.8. The number of likely N-dealkylation sites (N-methyl/N-ethyl adjacent to an activating group) is 1. The number of hydrogen-bond donors (Lipinski definition) is 0. The van der Waals surface area contributed by atoms with Crippen molar-refractivity contribution < 1.29 is 22.7 Å². The lowest BCUT2D eigenvalue weighted by Gasteiger charge is -2.36. The van der Waals surface area contributed by atoms with Gasteiger partial charge in [-0.15, -0.1) is 0 Å². The van der Waals surface area contributed by atoms with Crippen LogP contribution in [0.25, 0.3) is 0 Å². The third-order valence-electron chi connectivity index (χ3n) is 7.69. The summed E-state index contributed by atoms with van der Waals surface area (Å²) in [5.74, 6) is -0.956. The molecule has 0 N–H and O–H groups in total. The van der Waals surface area contributed by atoms with E-state index in [-0.39, 0.29) is 29.1 Å². The fraction of sp³-hybridized carbons (Fsp3) is 0.290. The fourth-order valence-corrected chi connectivity index (χ4v) is 7.30. The number of benzene rings is 3. The molecule has 0 saturated carbocycles. The Morgan fingerprint density at radius 1 is 0.974 bits per heavy atom. The number of esters is 1. The van der Waals surface area contributed by atoms with Gasteiger partial charge in [-0.3, -0.25) is 9.59 Å². The molecule has 3 aromatic rings. The van der Waals surface area contributed by atoms with Crippen molar-refractivity contribution in [3.05, 3.63) is 107 Å². The van der Waals surface area contributed by atoms with Crippen molar-refractivity contribution in [3.63, 3.8) is 0 Å². The number of sulfonamides is 1. The maximum absolute atomic E-state index is 13.5. The highest BCUT2D eigenvalue weighted by atomic mass is 32.2. The molecule has 0 aromatic heterocycles. The number of allylic oxidation sites excluding steroid dienone is 1. The van der Waals surface area contributed by atoms with Crippen molar-refractivity contribution in [3.8, 4) is 0 Å². The van der Waals surface area contributed by atoms with E-state index in [0.717, 1.165) is 28.1 Å². The summed E-state index contributed by atoms with van der Waals surface area (Å²) >= 11 is 0. The van der Waals surface area contributed by atoms with E-state index in [1.54, 1.807) is 30.3 Å². The van der Waals surface area contributed by atoms with Crippen LogP contribution in [0.15, 0.2) is 95.5 Å². The van der Waals surface area contributed by atoms with Crippen molar-refractivity contribution in [1.29, 1.82) is 0 Å². The molecular formula is C31H32N2O5S. The van der Waals surface area contributed by atoms with Crippen molar-refractivity contribution in [2.75, 3.05) is 25.1 Å². The number of fused-ring (bicyclic) bond motifs is 2. The number of anilines is 1. The molecule has 0 amide bonds. The molecule has 1 atom stereocenters. The summed E-state index contributed by atoms with van der Waals surface area (Å²) in [6, 6.07) is 23.0. The fourth-order valence-electron chi connectivity index (χ4n) is 5.68. The molecule has 2 aliphatic heterocycles. The van der Waals surface area contributed by atoms with Crippen LogP contribution < -0.4 is 4.90 Å². The van der Waals surface area contributed by atoms with Gasteiger partial charge in [0.15, 0.2) is 12.4 Å². The Morgan fingerprint density at radius 3 is 2.38 bits per heavy atom. The molecule has 0 radical (unpaired) electrons. The number of ketones is 1. The number of nitrogens with zero attached hydrogens (tertiary/aromatic N) is 2. The largest absolute Gasteiger partial charge is 0.457 e. The minimum atomic E-state index is -3.85. The van der Waals surface area contributed by atoms with Crippen molar-refractivity contribution in [1.82, 2.24) is 4.31 Å². The zero-order valence-corrected chi connectivity index (χ0v) is 23.1. The van der Waals surface area contributed by atoms with E-state index in [1.165, 1.54) is 10.4 Å². The number of ether oxygens (including phenoxy) is 1. The van der Waals surface area contributed by atoms with Gasteiger partial charge in [-0.25, -0.2) is 8.42 Å². The van der Waals surface area contributed by atoms with E-state index in [0.29, 0.717) is 6.42 Å². The number of rotatable bonds is 7. The van der Waals surface area contributed by atoms with E-state index < -0.39 is 28.6 Å². The monoisotopic (exact) mass is 544 g/mol. The van der Waals surface area contributed by atoms with Gasteiger partial charge in [-0.2, -0.15) is 4.31 Å². The molecule has 3 aromatic carbocycles. The number of hydrogen-bond acceptors (Lipinski definition) is 6. The van der Waals surface area contributed by atoms with Gasteiger partial charge in [-0.1, -0.05) is 74.5 Å². The molecule has 2 aliphatic rings. The van der Waals surface area contributed by atoms with Crippen molar-refractivity contribution in [2.45, 2.75) is 43.0 Å². The summed E-state index contributed by atoms with van der Waals surface area (Å²) < 4.78 is 33.9. The first-order chi connectivity index (χ1) is 18.6. The summed E-state index contributed by atoms with van der Waals surface area (Å²) in [4.78, 5) is 28.1. The molecule has 7 nitrogen and oxygen atoms in total. The number of para-hydroxylation sites is 1. The zero-order chi connectivity index (χ0) is 27.8. The second kappa shape index (κ2) is 10.4. The predicted octanol–water partition coefficient (Wildman–Crippen LogP) is 4.79. The van der Waals surface area contributed by atoms with Gasteiger partial charge in [-0.05, 0) is 41.3 Å². The second-order valence-electron chi connectivity index (χ2n) is 10.5. The van der Waals surface area contributed by atoms with Gasteiger partial charge in [0.05, 0.1) is 17.4 Å². The topological polar surface area (TPSA) is 84.0 Å². The zero-order valence-electron chi connectivity index (χ0n) is 22.3. The highest BCUT2D eigenvalue weighted by Crippen LogP contribution is 2.46. The standard InChI is InChI=1S/C31H32N2O5S/c1-31(2)26-15-9-10-16-27(26)32(3)29(31)19-23(34)21-38-30(35)20-28-25-14-8-7-11-22(25)17-18-33(28)39(36,37)24-12-5-4-6-13-24/h4-16,19,28H,17-18,20-21H2,1-3H3. The summed E-state index contributed by atoms with van der Waals surface area (Å²) in [5.41, 5.74) is 4.39. The molecule has 8 heteroatoms. The molecule has 1 unspecified atom stereocenters. The second-order valence-corrected chi connectivity index (χ2v) is 12.3. The van der Waals surface area contributed by atoms with Crippen LogP contribution >= 0.6 is 0 Å². The smallest absolute Gasteiger partial charge is 0.308 e. The normalized spacial score (nSPS) is 19.4. The first-order valence-electron chi connectivity index (χ1n) is 13.0. The molecule has 0 fully saturated rings. The van der Waals surface area contributed by atoms with Gasteiger partial charge >= 0.3 is 5.97 Å². The average Bonchev–Trinajstić information content (AvgIpc) is 3.13. The SMILES string of the molecule is CN1C(=CC(=O)COC(=O)CC2c3ccccc3CCN2S(=O)(=O)c2ccccc2)C(C)(C)c2ccccc21. The Labute approximate surface area is 229 Å². The Balaban J connectivity index is 1.32.